The Balaban J connectivity index is 0.000000271. The van der Waals surface area contributed by atoms with Crippen molar-refractivity contribution in [1.82, 2.24) is 15.1 Å². The summed E-state index contributed by atoms with van der Waals surface area (Å²) in [7, 11) is 0. The first-order chi connectivity index (χ1) is 16.7. The first-order valence-electron chi connectivity index (χ1n) is 10.5. The number of halogens is 6. The van der Waals surface area contributed by atoms with Gasteiger partial charge >= 0.3 is 24.3 Å². The molecule has 2 saturated heterocycles. The molecule has 3 aliphatic rings. The van der Waals surface area contributed by atoms with Gasteiger partial charge in [0.05, 0.1) is 6.10 Å². The zero-order chi connectivity index (χ0) is 27.1. The molecule has 0 saturated carbocycles. The number of β-amino-alcohol motifs (C(OH)–C–C–N with tert-alkyl or cyclic N) is 1. The van der Waals surface area contributed by atoms with E-state index in [0.29, 0.717) is 6.79 Å². The van der Waals surface area contributed by atoms with Gasteiger partial charge in [-0.25, -0.2) is 9.59 Å². The number of nitrogens with one attached hydrogen (secondary N) is 1. The lowest BCUT2D eigenvalue weighted by Gasteiger charge is -2.38. The molecule has 2 atom stereocenters. The Morgan fingerprint density at radius 1 is 0.917 bits per heavy atom. The molecule has 0 bridgehead atoms. The van der Waals surface area contributed by atoms with Crippen molar-refractivity contribution < 1.29 is 60.7 Å². The lowest BCUT2D eigenvalue weighted by atomic mass is 10.1. The van der Waals surface area contributed by atoms with Crippen LogP contribution in [0.5, 0.6) is 11.5 Å². The Labute approximate surface area is 201 Å². The first-order valence-corrected chi connectivity index (χ1v) is 10.5. The molecule has 0 aromatic heterocycles. The third kappa shape index (κ3) is 9.00. The van der Waals surface area contributed by atoms with Gasteiger partial charge in [0.25, 0.3) is 0 Å². The number of aliphatic carboxylic acids is 2. The van der Waals surface area contributed by atoms with E-state index in [-0.39, 0.29) is 12.1 Å². The molecule has 2 fully saturated rings. The largest absolute Gasteiger partial charge is 0.490 e. The SMILES string of the molecule is O=C(O)C(F)(F)F.O=C(O)C(F)(F)F.O[C@H]1CNC[C@@H]1N1CCN(Cc2ccc3c(c2)OCO3)CC1. The summed E-state index contributed by atoms with van der Waals surface area (Å²) in [6, 6.07) is 6.48. The Morgan fingerprint density at radius 2 is 1.44 bits per heavy atom. The summed E-state index contributed by atoms with van der Waals surface area (Å²) in [5, 5.41) is 27.5. The van der Waals surface area contributed by atoms with Crippen molar-refractivity contribution in [2.75, 3.05) is 46.1 Å². The fraction of sp³-hybridized carbons (Fsp3) is 0.600. The summed E-state index contributed by atoms with van der Waals surface area (Å²) in [6.45, 7) is 7.02. The molecule has 3 heterocycles. The third-order valence-electron chi connectivity index (χ3n) is 5.36. The number of piperazine rings is 1. The van der Waals surface area contributed by atoms with Crippen molar-refractivity contribution in [3.63, 3.8) is 0 Å². The standard InChI is InChI=1S/C16H23N3O3.2C2HF3O2/c20-14-9-17-8-13(14)19-5-3-18(4-6-19)10-12-1-2-15-16(7-12)22-11-21-15;2*3-2(4,5)1(6)7/h1-2,7,13-14,17,20H,3-6,8-11H2;2*(H,6,7)/t13-,14-;;/m0../s1. The molecule has 4 N–H and O–H groups in total. The number of hydrogen-bond acceptors (Lipinski definition) is 8. The second-order valence-corrected chi connectivity index (χ2v) is 7.90. The maximum absolute atomic E-state index is 10.6. The Kier molecular flexibility index (Phi) is 10.2. The van der Waals surface area contributed by atoms with E-state index in [9.17, 15) is 31.4 Å². The molecule has 10 nitrogen and oxygen atoms in total. The smallest absolute Gasteiger partial charge is 0.475 e. The van der Waals surface area contributed by atoms with E-state index < -0.39 is 24.3 Å². The quantitative estimate of drug-likeness (QED) is 0.420. The van der Waals surface area contributed by atoms with Gasteiger partial charge in [0, 0.05) is 51.9 Å². The van der Waals surface area contributed by atoms with Crippen molar-refractivity contribution >= 4 is 11.9 Å². The van der Waals surface area contributed by atoms with Crippen molar-refractivity contribution in [2.45, 2.75) is 31.0 Å². The van der Waals surface area contributed by atoms with Crippen LogP contribution in [0.3, 0.4) is 0 Å². The highest BCUT2D eigenvalue weighted by Gasteiger charge is 2.39. The minimum absolute atomic E-state index is 0.222. The number of ether oxygens (including phenoxy) is 2. The highest BCUT2D eigenvalue weighted by Crippen LogP contribution is 2.33. The average Bonchev–Trinajstić information content (AvgIpc) is 3.42. The molecule has 0 unspecified atom stereocenters. The molecule has 1 aromatic carbocycles. The van der Waals surface area contributed by atoms with Gasteiger partial charge < -0.3 is 30.1 Å². The summed E-state index contributed by atoms with van der Waals surface area (Å²) in [5.74, 6) is -3.81. The van der Waals surface area contributed by atoms with Crippen LogP contribution in [-0.4, -0.2) is 108 Å². The summed E-state index contributed by atoms with van der Waals surface area (Å²) < 4.78 is 74.3. The number of hydrogen-bond donors (Lipinski definition) is 4. The van der Waals surface area contributed by atoms with Gasteiger partial charge in [0.2, 0.25) is 6.79 Å². The van der Waals surface area contributed by atoms with Gasteiger partial charge in [-0.15, -0.1) is 0 Å². The molecule has 36 heavy (non-hydrogen) atoms. The third-order valence-corrected chi connectivity index (χ3v) is 5.36. The average molecular weight is 533 g/mol. The summed E-state index contributed by atoms with van der Waals surface area (Å²) in [4.78, 5) is 22.7. The summed E-state index contributed by atoms with van der Waals surface area (Å²) in [6.07, 6.45) is -10.4. The second-order valence-electron chi connectivity index (χ2n) is 7.90. The lowest BCUT2D eigenvalue weighted by Crippen LogP contribution is -2.53. The van der Waals surface area contributed by atoms with Crippen LogP contribution in [-0.2, 0) is 16.1 Å². The maximum Gasteiger partial charge on any atom is 0.490 e. The van der Waals surface area contributed by atoms with E-state index in [1.807, 2.05) is 6.07 Å². The van der Waals surface area contributed by atoms with Crippen LogP contribution in [0.15, 0.2) is 18.2 Å². The molecular weight excluding hydrogens is 508 g/mol. The number of fused-ring (bicyclic) bond motifs is 1. The molecule has 0 spiro atoms. The van der Waals surface area contributed by atoms with Crippen LogP contribution >= 0.6 is 0 Å². The number of nitrogens with zero attached hydrogens (tertiary/aromatic N) is 2. The zero-order valence-corrected chi connectivity index (χ0v) is 18.7. The fourth-order valence-corrected chi connectivity index (χ4v) is 3.57. The van der Waals surface area contributed by atoms with E-state index >= 15 is 0 Å². The number of rotatable bonds is 3. The molecule has 1 aromatic rings. The Hall–Kier alpha value is -2.82. The van der Waals surface area contributed by atoms with Crippen molar-refractivity contribution in [1.29, 1.82) is 0 Å². The predicted octanol–water partition coefficient (Wildman–Crippen LogP) is 1.13. The van der Waals surface area contributed by atoms with Crippen LogP contribution in [0, 0.1) is 0 Å². The number of carboxylic acid groups (broad SMARTS) is 2. The highest BCUT2D eigenvalue weighted by atomic mass is 19.4. The predicted molar refractivity (Wildman–Crippen MR) is 109 cm³/mol. The fourth-order valence-electron chi connectivity index (χ4n) is 3.57. The first kappa shape index (κ1) is 29.4. The molecule has 3 aliphatic heterocycles. The normalized spacial score (nSPS) is 22.2. The van der Waals surface area contributed by atoms with E-state index in [0.717, 1.165) is 57.3 Å². The van der Waals surface area contributed by atoms with Crippen LogP contribution in [0.4, 0.5) is 26.3 Å². The Morgan fingerprint density at radius 3 is 1.92 bits per heavy atom. The van der Waals surface area contributed by atoms with E-state index in [4.69, 9.17) is 29.3 Å². The van der Waals surface area contributed by atoms with Gasteiger partial charge in [0.15, 0.2) is 11.5 Å². The lowest BCUT2D eigenvalue weighted by molar-refractivity contribution is -0.193. The van der Waals surface area contributed by atoms with Gasteiger partial charge in [-0.1, -0.05) is 6.07 Å². The van der Waals surface area contributed by atoms with Gasteiger partial charge in [0.1, 0.15) is 0 Å². The van der Waals surface area contributed by atoms with Gasteiger partial charge in [-0.05, 0) is 17.7 Å². The molecule has 0 radical (unpaired) electrons. The van der Waals surface area contributed by atoms with E-state index in [2.05, 4.69) is 27.2 Å². The van der Waals surface area contributed by atoms with E-state index in [1.54, 1.807) is 0 Å². The van der Waals surface area contributed by atoms with Crippen LogP contribution < -0.4 is 14.8 Å². The summed E-state index contributed by atoms with van der Waals surface area (Å²) in [5.41, 5.74) is 1.26. The molecule has 0 amide bonds. The van der Waals surface area contributed by atoms with Gasteiger partial charge in [-0.2, -0.15) is 26.3 Å². The minimum Gasteiger partial charge on any atom is -0.475 e. The molecule has 204 valence electrons. The number of benzene rings is 1. The Bertz CT molecular complexity index is 868. The maximum atomic E-state index is 10.6. The minimum atomic E-state index is -5.08. The summed E-state index contributed by atoms with van der Waals surface area (Å²) >= 11 is 0. The number of alkyl halides is 6. The highest BCUT2D eigenvalue weighted by molar-refractivity contribution is 5.73. The number of carbonyl (C=O) groups is 2. The van der Waals surface area contributed by atoms with E-state index in [1.165, 1.54) is 5.56 Å². The van der Waals surface area contributed by atoms with Gasteiger partial charge in [-0.3, -0.25) is 9.80 Å². The zero-order valence-electron chi connectivity index (χ0n) is 18.7. The van der Waals surface area contributed by atoms with Crippen molar-refractivity contribution in [3.05, 3.63) is 23.8 Å². The number of carboxylic acids is 2. The van der Waals surface area contributed by atoms with Crippen molar-refractivity contribution in [3.8, 4) is 11.5 Å². The molecular formula is C20H25F6N3O7. The molecule has 4 rings (SSSR count). The van der Waals surface area contributed by atoms with Crippen LogP contribution in [0.1, 0.15) is 5.56 Å². The molecule has 0 aliphatic carbocycles. The van der Waals surface area contributed by atoms with Crippen LogP contribution in [0.25, 0.3) is 0 Å². The van der Waals surface area contributed by atoms with Crippen molar-refractivity contribution in [2.24, 2.45) is 0 Å². The topological polar surface area (TPSA) is 132 Å². The van der Waals surface area contributed by atoms with Crippen LogP contribution in [0.2, 0.25) is 0 Å². The number of aliphatic hydroxyl groups is 1. The molecule has 16 heteroatoms. The number of aliphatic hydroxyl groups excluding tert-OH is 1. The second kappa shape index (κ2) is 12.4. The monoisotopic (exact) mass is 533 g/mol.